The molecule has 0 aromatic carbocycles. The Labute approximate surface area is 369 Å². The van der Waals surface area contributed by atoms with Gasteiger partial charge in [0.1, 0.15) is 48.8 Å². The monoisotopic (exact) mass is 896 g/mol. The minimum Gasteiger partial charge on any atom is -0.457 e. The van der Waals surface area contributed by atoms with Crippen LogP contribution in [0.1, 0.15) is 99.8 Å². The summed E-state index contributed by atoms with van der Waals surface area (Å²) in [5.41, 5.74) is 0.635. The minimum atomic E-state index is -1.74. The van der Waals surface area contributed by atoms with Crippen LogP contribution in [0.25, 0.3) is 0 Å². The molecular formula is C46H72O17. The average Bonchev–Trinajstić information content (AvgIpc) is 3.68. The lowest BCUT2D eigenvalue weighted by atomic mass is 9.46. The first-order chi connectivity index (χ1) is 29.8. The topological polar surface area (TPSA) is 242 Å². The summed E-state index contributed by atoms with van der Waals surface area (Å²) >= 11 is 0. The van der Waals surface area contributed by atoms with Gasteiger partial charge in [-0.25, -0.2) is 0 Å². The maximum absolute atomic E-state index is 11.9. The van der Waals surface area contributed by atoms with E-state index in [1.54, 1.807) is 6.92 Å². The standard InChI is InChI=1S/C46H72O17/c1-19-10-13-46(56-17-19)20(2)32-30(63-46)16-28-26-9-8-24-14-25(48)15-31(45(24,7)27(26)11-12-44(28,32)6)60-43-40(62-42-36(53)35(52)33(50)21(3)57-42)39(34(51)22(4)58-43)61-41-37(54)38(59-23(5)47)29(49)18-55-41/h8,19-22,25-43,48-54H,9-18H2,1-7H3/t19-,20-,21-,22+,25-,26+,27-,28-,29-,30-,31+,32-,33-,34-,35+,36+,37-,38-,39-,40-,41+,42+,43+,44+,45+,46-/m1/s1. The molecule has 0 aromatic rings. The lowest BCUT2D eigenvalue weighted by Crippen LogP contribution is -2.66. The summed E-state index contributed by atoms with van der Waals surface area (Å²) in [6.07, 6.45) is -12.2. The average molecular weight is 897 g/mol. The molecule has 8 fully saturated rings. The highest BCUT2D eigenvalue weighted by atomic mass is 16.8. The van der Waals surface area contributed by atoms with E-state index in [0.717, 1.165) is 57.6 Å². The molecule has 7 N–H and O–H groups in total. The molecule has 1 spiro atoms. The lowest BCUT2D eigenvalue weighted by Gasteiger charge is -2.60. The molecule has 5 heterocycles. The highest BCUT2D eigenvalue weighted by molar-refractivity contribution is 5.66. The van der Waals surface area contributed by atoms with Crippen LogP contribution < -0.4 is 0 Å². The Balaban J connectivity index is 1.01. The van der Waals surface area contributed by atoms with Crippen molar-refractivity contribution < 1.29 is 83.2 Å². The van der Waals surface area contributed by atoms with Crippen molar-refractivity contribution in [2.75, 3.05) is 13.2 Å². The van der Waals surface area contributed by atoms with Crippen LogP contribution in [0.3, 0.4) is 0 Å². The largest absolute Gasteiger partial charge is 0.457 e. The number of rotatable bonds is 7. The van der Waals surface area contributed by atoms with Gasteiger partial charge in [-0.1, -0.05) is 39.3 Å². The van der Waals surface area contributed by atoms with Crippen LogP contribution in [-0.2, 0) is 47.4 Å². The Morgan fingerprint density at radius 3 is 2.17 bits per heavy atom. The van der Waals surface area contributed by atoms with E-state index < -0.39 is 115 Å². The zero-order valence-electron chi connectivity index (χ0n) is 37.6. The first kappa shape index (κ1) is 46.7. The fraction of sp³-hybridized carbons (Fsp3) is 0.935. The smallest absolute Gasteiger partial charge is 0.303 e. The Hall–Kier alpha value is -1.39. The molecule has 4 aliphatic carbocycles. The molecule has 3 saturated carbocycles. The number of carbonyl (C=O) groups excluding carboxylic acids is 1. The van der Waals surface area contributed by atoms with Crippen molar-refractivity contribution >= 4 is 5.97 Å². The molecule has 0 bridgehead atoms. The van der Waals surface area contributed by atoms with Gasteiger partial charge in [-0.05, 0) is 87.4 Å². The van der Waals surface area contributed by atoms with Crippen molar-refractivity contribution in [3.8, 4) is 0 Å². The fourth-order valence-corrected chi connectivity index (χ4v) is 14.1. The molecule has 9 aliphatic rings. The van der Waals surface area contributed by atoms with Crippen LogP contribution in [0.4, 0.5) is 0 Å². The maximum atomic E-state index is 11.9. The summed E-state index contributed by atoms with van der Waals surface area (Å²) in [5, 5.41) is 77.5. The summed E-state index contributed by atoms with van der Waals surface area (Å²) in [7, 11) is 0. The van der Waals surface area contributed by atoms with Crippen molar-refractivity contribution in [2.45, 2.75) is 210 Å². The third-order valence-electron chi connectivity index (χ3n) is 17.6. The van der Waals surface area contributed by atoms with Gasteiger partial charge in [0.2, 0.25) is 0 Å². The second kappa shape index (κ2) is 17.3. The molecule has 0 aromatic heterocycles. The van der Waals surface area contributed by atoms with Gasteiger partial charge in [0.15, 0.2) is 30.8 Å². The number of aliphatic hydroxyl groups is 7. The second-order valence-corrected chi connectivity index (χ2v) is 21.3. The number of ether oxygens (including phenoxy) is 9. The number of aliphatic hydroxyl groups excluding tert-OH is 7. The van der Waals surface area contributed by atoms with Crippen LogP contribution >= 0.6 is 0 Å². The Bertz CT molecular complexity index is 1690. The zero-order chi connectivity index (χ0) is 45.1. The van der Waals surface area contributed by atoms with E-state index in [1.807, 2.05) is 0 Å². The molecule has 26 atom stereocenters. The highest BCUT2D eigenvalue weighted by Crippen LogP contribution is 2.71. The molecule has 5 aliphatic heterocycles. The Kier molecular flexibility index (Phi) is 12.8. The van der Waals surface area contributed by atoms with E-state index in [4.69, 9.17) is 42.6 Å². The lowest BCUT2D eigenvalue weighted by molar-refractivity contribution is -0.391. The van der Waals surface area contributed by atoms with E-state index in [1.165, 1.54) is 6.92 Å². The zero-order valence-corrected chi connectivity index (χ0v) is 37.6. The summed E-state index contributed by atoms with van der Waals surface area (Å²) < 4.78 is 56.7. The van der Waals surface area contributed by atoms with Crippen molar-refractivity contribution in [1.82, 2.24) is 0 Å². The van der Waals surface area contributed by atoms with Crippen molar-refractivity contribution in [3.63, 3.8) is 0 Å². The number of allylic oxidation sites excluding steroid dienone is 1. The SMILES string of the molecule is CC(=O)O[C@H]1[C@@H](O)[C@H](O[C@@H]2[C@H](O)[C@H](C)O[C@@H](O[C@H]3C[C@H](O)CC4=CC[C@@H]5[C@H]6C[C@H]7O[C@]8(CC[C@@H](C)CO8)[C@H](C)[C@H]7[C@@]6(C)CC[C@H]5[C@]43C)[C@@H]2O[C@@H]2O[C@H](C)[C@@H](O)[C@H](O)[C@@H]2O)OC[C@H]1O. The van der Waals surface area contributed by atoms with Crippen molar-refractivity contribution in [3.05, 3.63) is 11.6 Å². The van der Waals surface area contributed by atoms with Crippen LogP contribution in [0.2, 0.25) is 0 Å². The van der Waals surface area contributed by atoms with Gasteiger partial charge in [-0.2, -0.15) is 0 Å². The summed E-state index contributed by atoms with van der Waals surface area (Å²) in [6.45, 7) is 13.9. The van der Waals surface area contributed by atoms with E-state index in [2.05, 4.69) is 33.8 Å². The number of carbonyl (C=O) groups is 1. The molecular weight excluding hydrogens is 824 g/mol. The van der Waals surface area contributed by atoms with Crippen LogP contribution in [0.5, 0.6) is 0 Å². The molecule has 358 valence electrons. The Morgan fingerprint density at radius 1 is 0.746 bits per heavy atom. The molecule has 0 unspecified atom stereocenters. The highest BCUT2D eigenvalue weighted by Gasteiger charge is 2.70. The van der Waals surface area contributed by atoms with Crippen LogP contribution in [0, 0.1) is 46.3 Å². The number of hydrogen-bond donors (Lipinski definition) is 7. The van der Waals surface area contributed by atoms with Crippen LogP contribution in [0.15, 0.2) is 11.6 Å². The van der Waals surface area contributed by atoms with E-state index in [9.17, 15) is 40.5 Å². The predicted molar refractivity (Wildman–Crippen MR) is 218 cm³/mol. The summed E-state index contributed by atoms with van der Waals surface area (Å²) in [4.78, 5) is 11.9. The van der Waals surface area contributed by atoms with E-state index >= 15 is 0 Å². The minimum absolute atomic E-state index is 0.0569. The third-order valence-corrected chi connectivity index (χ3v) is 17.6. The van der Waals surface area contributed by atoms with Crippen molar-refractivity contribution in [2.24, 2.45) is 46.3 Å². The van der Waals surface area contributed by atoms with Gasteiger partial charge < -0.3 is 78.4 Å². The maximum Gasteiger partial charge on any atom is 0.303 e. The van der Waals surface area contributed by atoms with Gasteiger partial charge in [0.25, 0.3) is 0 Å². The van der Waals surface area contributed by atoms with Gasteiger partial charge in [0, 0.05) is 31.1 Å². The van der Waals surface area contributed by atoms with Gasteiger partial charge in [-0.15, -0.1) is 0 Å². The quantitative estimate of drug-likeness (QED) is 0.141. The van der Waals surface area contributed by atoms with Gasteiger partial charge in [0.05, 0.1) is 43.7 Å². The molecule has 0 amide bonds. The van der Waals surface area contributed by atoms with Crippen LogP contribution in [-0.4, -0.2) is 165 Å². The molecule has 17 heteroatoms. The molecule has 5 saturated heterocycles. The van der Waals surface area contributed by atoms with Gasteiger partial charge >= 0.3 is 5.97 Å². The molecule has 9 rings (SSSR count). The third kappa shape index (κ3) is 7.78. The Morgan fingerprint density at radius 2 is 1.46 bits per heavy atom. The number of hydrogen-bond acceptors (Lipinski definition) is 17. The number of fused-ring (bicyclic) bond motifs is 7. The normalized spacial score (nSPS) is 56.8. The van der Waals surface area contributed by atoms with E-state index in [0.29, 0.717) is 30.1 Å². The fourth-order valence-electron chi connectivity index (χ4n) is 14.1. The van der Waals surface area contributed by atoms with Gasteiger partial charge in [-0.3, -0.25) is 4.79 Å². The first-order valence-electron chi connectivity index (χ1n) is 23.6. The van der Waals surface area contributed by atoms with E-state index in [-0.39, 0.29) is 36.4 Å². The number of esters is 1. The van der Waals surface area contributed by atoms with Crippen molar-refractivity contribution in [1.29, 1.82) is 0 Å². The molecule has 0 radical (unpaired) electrons. The summed E-state index contributed by atoms with van der Waals surface area (Å²) in [5.74, 6) is 0.844. The summed E-state index contributed by atoms with van der Waals surface area (Å²) in [6, 6.07) is 0. The molecule has 63 heavy (non-hydrogen) atoms. The first-order valence-corrected chi connectivity index (χ1v) is 23.6. The predicted octanol–water partition coefficient (Wildman–Crippen LogP) is 1.42. The molecule has 17 nitrogen and oxygen atoms in total. The second-order valence-electron chi connectivity index (χ2n) is 21.3.